The molecule has 1 aliphatic heterocycles. The summed E-state index contributed by atoms with van der Waals surface area (Å²) in [6.07, 6.45) is -2.44. The first-order chi connectivity index (χ1) is 18.5. The summed E-state index contributed by atoms with van der Waals surface area (Å²) in [7, 11) is 0. The predicted octanol–water partition coefficient (Wildman–Crippen LogP) is 8.10. The van der Waals surface area contributed by atoms with Crippen molar-refractivity contribution in [3.05, 3.63) is 106 Å². The fourth-order valence-electron chi connectivity index (χ4n) is 5.32. The highest BCUT2D eigenvalue weighted by molar-refractivity contribution is 6.31. The molecule has 39 heavy (non-hydrogen) atoms. The molecule has 3 aromatic carbocycles. The average molecular weight is 566 g/mol. The van der Waals surface area contributed by atoms with Crippen molar-refractivity contribution in [3.8, 4) is 0 Å². The van der Waals surface area contributed by atoms with E-state index in [-0.39, 0.29) is 23.1 Å². The fourth-order valence-corrected chi connectivity index (χ4v) is 5.55. The Bertz CT molecular complexity index is 1220. The van der Waals surface area contributed by atoms with Crippen LogP contribution in [0.4, 0.5) is 22.0 Å². The Kier molecular flexibility index (Phi) is 8.96. The minimum Gasteiger partial charge on any atom is -0.454 e. The van der Waals surface area contributed by atoms with Crippen LogP contribution < -0.4 is 0 Å². The molecule has 0 atom stereocenters. The second-order valence-electron chi connectivity index (χ2n) is 9.92. The molecule has 0 spiro atoms. The molecule has 1 aliphatic rings. The molecule has 4 rings (SSSR count). The summed E-state index contributed by atoms with van der Waals surface area (Å²) in [4.78, 5) is 14.1. The van der Waals surface area contributed by atoms with Crippen molar-refractivity contribution in [2.45, 2.75) is 50.3 Å². The average Bonchev–Trinajstić information content (AvgIpc) is 2.88. The number of ether oxygens (including phenoxy) is 1. The maximum Gasteiger partial charge on any atom is 0.417 e. The first kappa shape index (κ1) is 29.0. The Labute approximate surface area is 229 Å². The Hall–Kier alpha value is -2.97. The van der Waals surface area contributed by atoms with Crippen LogP contribution in [-0.4, -0.2) is 30.5 Å². The zero-order valence-corrected chi connectivity index (χ0v) is 22.2. The van der Waals surface area contributed by atoms with E-state index in [0.717, 1.165) is 30.0 Å². The van der Waals surface area contributed by atoms with Gasteiger partial charge in [-0.2, -0.15) is 13.2 Å². The van der Waals surface area contributed by atoms with E-state index < -0.39 is 28.3 Å². The van der Waals surface area contributed by atoms with Crippen molar-refractivity contribution >= 4 is 17.6 Å². The highest BCUT2D eigenvalue weighted by atomic mass is 35.5. The molecule has 3 nitrogen and oxygen atoms in total. The quantitative estimate of drug-likeness (QED) is 0.204. The predicted molar refractivity (Wildman–Crippen MR) is 139 cm³/mol. The number of esters is 1. The van der Waals surface area contributed by atoms with Crippen LogP contribution in [0.3, 0.4) is 0 Å². The van der Waals surface area contributed by atoms with Gasteiger partial charge in [-0.3, -0.25) is 4.79 Å². The highest BCUT2D eigenvalue weighted by Crippen LogP contribution is 2.42. The van der Waals surface area contributed by atoms with Gasteiger partial charge in [0.25, 0.3) is 0 Å². The molecule has 0 N–H and O–H groups in total. The topological polar surface area (TPSA) is 29.5 Å². The summed E-state index contributed by atoms with van der Waals surface area (Å²) >= 11 is 5.81. The summed E-state index contributed by atoms with van der Waals surface area (Å²) in [5.74, 6) is -1.27. The summed E-state index contributed by atoms with van der Waals surface area (Å²) < 4.78 is 73.2. The molecule has 0 aliphatic carbocycles. The van der Waals surface area contributed by atoms with Crippen LogP contribution in [0.15, 0.2) is 66.7 Å². The number of hydrogen-bond acceptors (Lipinski definition) is 3. The Morgan fingerprint density at radius 3 is 1.97 bits per heavy atom. The Morgan fingerprint density at radius 1 is 0.949 bits per heavy atom. The maximum absolute atomic E-state index is 13.5. The van der Waals surface area contributed by atoms with Gasteiger partial charge in [0, 0.05) is 38.8 Å². The Morgan fingerprint density at radius 2 is 1.49 bits per heavy atom. The lowest BCUT2D eigenvalue weighted by atomic mass is 9.83. The van der Waals surface area contributed by atoms with E-state index in [1.54, 1.807) is 24.3 Å². The van der Waals surface area contributed by atoms with Crippen LogP contribution in [0.25, 0.3) is 0 Å². The summed E-state index contributed by atoms with van der Waals surface area (Å²) in [6.45, 7) is 3.01. The number of benzene rings is 3. The van der Waals surface area contributed by atoms with Crippen molar-refractivity contribution in [1.82, 2.24) is 4.90 Å². The molecule has 208 valence electrons. The number of rotatable bonds is 8. The zero-order chi connectivity index (χ0) is 28.2. The van der Waals surface area contributed by atoms with E-state index in [0.29, 0.717) is 32.5 Å². The number of carbonyl (C=O) groups is 1. The third-order valence-corrected chi connectivity index (χ3v) is 7.64. The fraction of sp³-hybridized carbons (Fsp3) is 0.367. The van der Waals surface area contributed by atoms with E-state index in [4.69, 9.17) is 16.3 Å². The molecule has 3 aromatic rings. The van der Waals surface area contributed by atoms with Crippen molar-refractivity contribution < 1.29 is 31.5 Å². The maximum atomic E-state index is 13.5. The van der Waals surface area contributed by atoms with Gasteiger partial charge in [0.15, 0.2) is 0 Å². The highest BCUT2D eigenvalue weighted by Gasteiger charge is 2.42. The molecular weight excluding hydrogens is 537 g/mol. The number of hydrogen-bond donors (Lipinski definition) is 0. The van der Waals surface area contributed by atoms with Gasteiger partial charge in [0.1, 0.15) is 17.2 Å². The number of carbonyl (C=O) groups excluding carboxylic acids is 1. The van der Waals surface area contributed by atoms with Gasteiger partial charge < -0.3 is 9.64 Å². The van der Waals surface area contributed by atoms with E-state index in [9.17, 15) is 26.7 Å². The van der Waals surface area contributed by atoms with Crippen molar-refractivity contribution in [2.75, 3.05) is 19.6 Å². The summed E-state index contributed by atoms with van der Waals surface area (Å²) in [6, 6.07) is 16.2. The number of likely N-dealkylation sites (tertiary alicyclic amines) is 1. The standard InChI is InChI=1S/C30H29ClF5NO2/c1-20(38)39-29(23-8-13-28(31)27(19-23)30(34,35)36)14-17-37(18-15-29)16-2-3-26(21-4-9-24(32)10-5-21)22-6-11-25(33)12-7-22/h4-13,19,26H,2-3,14-18H2,1H3. The molecule has 1 saturated heterocycles. The van der Waals surface area contributed by atoms with E-state index >= 15 is 0 Å². The Balaban J connectivity index is 1.44. The van der Waals surface area contributed by atoms with E-state index in [1.807, 2.05) is 0 Å². The van der Waals surface area contributed by atoms with Crippen LogP contribution in [0.2, 0.25) is 5.02 Å². The molecule has 0 bridgehead atoms. The molecule has 0 unspecified atom stereocenters. The van der Waals surface area contributed by atoms with Gasteiger partial charge in [-0.25, -0.2) is 8.78 Å². The summed E-state index contributed by atoms with van der Waals surface area (Å²) in [5, 5.41) is -0.404. The van der Waals surface area contributed by atoms with Crippen molar-refractivity contribution in [1.29, 1.82) is 0 Å². The van der Waals surface area contributed by atoms with Crippen molar-refractivity contribution in [2.24, 2.45) is 0 Å². The number of nitrogens with zero attached hydrogens (tertiary/aromatic N) is 1. The van der Waals surface area contributed by atoms with Crippen LogP contribution in [0.1, 0.15) is 60.8 Å². The minimum atomic E-state index is -4.63. The van der Waals surface area contributed by atoms with E-state index in [1.165, 1.54) is 43.3 Å². The van der Waals surface area contributed by atoms with Gasteiger partial charge in [-0.05, 0) is 72.5 Å². The second kappa shape index (κ2) is 12.0. The number of alkyl halides is 3. The summed E-state index contributed by atoms with van der Waals surface area (Å²) in [5.41, 5.74) is 0.0139. The molecule has 0 amide bonds. The third kappa shape index (κ3) is 7.17. The molecule has 1 heterocycles. The van der Waals surface area contributed by atoms with E-state index in [2.05, 4.69) is 4.90 Å². The number of piperidine rings is 1. The molecule has 0 radical (unpaired) electrons. The van der Waals surface area contributed by atoms with Crippen LogP contribution in [0.5, 0.6) is 0 Å². The SMILES string of the molecule is CC(=O)OC1(c2ccc(Cl)c(C(F)(F)F)c2)CCN(CCCC(c2ccc(F)cc2)c2ccc(F)cc2)CC1. The normalized spacial score (nSPS) is 15.9. The third-order valence-electron chi connectivity index (χ3n) is 7.31. The largest absolute Gasteiger partial charge is 0.454 e. The lowest BCUT2D eigenvalue weighted by Gasteiger charge is -2.41. The van der Waals surface area contributed by atoms with Crippen molar-refractivity contribution in [3.63, 3.8) is 0 Å². The molecule has 0 saturated carbocycles. The van der Waals surface area contributed by atoms with Crippen LogP contribution in [0, 0.1) is 11.6 Å². The lowest BCUT2D eigenvalue weighted by molar-refractivity contribution is -0.164. The zero-order valence-electron chi connectivity index (χ0n) is 21.4. The molecule has 1 fully saturated rings. The minimum absolute atomic E-state index is 0.0500. The van der Waals surface area contributed by atoms with Crippen LogP contribution >= 0.6 is 11.6 Å². The number of halogens is 6. The molecule has 9 heteroatoms. The lowest BCUT2D eigenvalue weighted by Crippen LogP contribution is -2.45. The first-order valence-corrected chi connectivity index (χ1v) is 13.1. The van der Waals surface area contributed by atoms with Gasteiger partial charge >= 0.3 is 12.1 Å². The van der Waals surface area contributed by atoms with Gasteiger partial charge in [0.2, 0.25) is 0 Å². The smallest absolute Gasteiger partial charge is 0.417 e. The monoisotopic (exact) mass is 565 g/mol. The second-order valence-corrected chi connectivity index (χ2v) is 10.3. The van der Waals surface area contributed by atoms with Crippen LogP contribution in [-0.2, 0) is 21.3 Å². The van der Waals surface area contributed by atoms with Gasteiger partial charge in [-0.15, -0.1) is 0 Å². The van der Waals surface area contributed by atoms with Gasteiger partial charge in [-0.1, -0.05) is 41.9 Å². The molecule has 0 aromatic heterocycles. The van der Waals surface area contributed by atoms with Gasteiger partial charge in [0.05, 0.1) is 10.6 Å². The first-order valence-electron chi connectivity index (χ1n) is 12.8. The molecular formula is C30H29ClF5NO2.